The summed E-state index contributed by atoms with van der Waals surface area (Å²) >= 11 is 3.15. The van der Waals surface area contributed by atoms with Gasteiger partial charge in [0.2, 0.25) is 0 Å². The highest BCUT2D eigenvalue weighted by Crippen LogP contribution is 2.32. The third-order valence-electron chi connectivity index (χ3n) is 2.12. The van der Waals surface area contributed by atoms with Gasteiger partial charge in [-0.2, -0.15) is 0 Å². The van der Waals surface area contributed by atoms with Crippen molar-refractivity contribution in [3.05, 3.63) is 34.1 Å². The molecule has 0 amide bonds. The van der Waals surface area contributed by atoms with Crippen molar-refractivity contribution in [3.63, 3.8) is 0 Å². The van der Waals surface area contributed by atoms with Gasteiger partial charge in [-0.25, -0.2) is 4.39 Å². The molecule has 14 heavy (non-hydrogen) atoms. The first-order chi connectivity index (χ1) is 6.37. The number of aliphatic carboxylic acids is 1. The van der Waals surface area contributed by atoms with E-state index in [9.17, 15) is 9.18 Å². The van der Waals surface area contributed by atoms with Crippen LogP contribution in [0.25, 0.3) is 0 Å². The van der Waals surface area contributed by atoms with Gasteiger partial charge < -0.3 is 5.11 Å². The summed E-state index contributed by atoms with van der Waals surface area (Å²) < 4.78 is 13.9. The molecule has 0 aliphatic rings. The Hall–Kier alpha value is -0.900. The molecule has 0 atom stereocenters. The predicted octanol–water partition coefficient (Wildman–Crippen LogP) is 2.95. The zero-order chi connectivity index (χ0) is 10.9. The second kappa shape index (κ2) is 3.69. The molecule has 0 fully saturated rings. The van der Waals surface area contributed by atoms with Crippen LogP contribution in [0.15, 0.2) is 22.7 Å². The highest BCUT2D eigenvalue weighted by Gasteiger charge is 2.33. The maximum absolute atomic E-state index is 13.4. The maximum atomic E-state index is 13.4. The Bertz CT molecular complexity index is 354. The molecule has 1 N–H and O–H groups in total. The fraction of sp³-hybridized carbons (Fsp3) is 0.300. The van der Waals surface area contributed by atoms with E-state index in [-0.39, 0.29) is 5.56 Å². The average Bonchev–Trinajstić information content (AvgIpc) is 2.02. The summed E-state index contributed by atoms with van der Waals surface area (Å²) in [5.74, 6) is -1.56. The molecule has 0 heterocycles. The van der Waals surface area contributed by atoms with E-state index in [0.29, 0.717) is 4.47 Å². The largest absolute Gasteiger partial charge is 0.481 e. The van der Waals surface area contributed by atoms with Crippen molar-refractivity contribution in [2.75, 3.05) is 0 Å². The van der Waals surface area contributed by atoms with E-state index < -0.39 is 17.2 Å². The van der Waals surface area contributed by atoms with Crippen LogP contribution in [0.5, 0.6) is 0 Å². The van der Waals surface area contributed by atoms with Gasteiger partial charge in [0.1, 0.15) is 5.82 Å². The maximum Gasteiger partial charge on any atom is 0.313 e. The van der Waals surface area contributed by atoms with Gasteiger partial charge in [0.25, 0.3) is 0 Å². The first-order valence-electron chi connectivity index (χ1n) is 4.05. The van der Waals surface area contributed by atoms with Crippen LogP contribution in [0, 0.1) is 5.82 Å². The van der Waals surface area contributed by atoms with Crippen LogP contribution >= 0.6 is 15.9 Å². The fourth-order valence-electron chi connectivity index (χ4n) is 1.20. The minimum absolute atomic E-state index is 0.174. The van der Waals surface area contributed by atoms with Crippen LogP contribution in [0.3, 0.4) is 0 Å². The van der Waals surface area contributed by atoms with E-state index in [1.807, 2.05) is 0 Å². The normalized spacial score (nSPS) is 11.4. The minimum atomic E-state index is -1.23. The van der Waals surface area contributed by atoms with Gasteiger partial charge in [-0.15, -0.1) is 0 Å². The number of carbonyl (C=O) groups is 1. The van der Waals surface area contributed by atoms with Crippen molar-refractivity contribution < 1.29 is 14.3 Å². The quantitative estimate of drug-likeness (QED) is 0.888. The summed E-state index contributed by atoms with van der Waals surface area (Å²) in [4.78, 5) is 10.9. The third kappa shape index (κ3) is 1.80. The first kappa shape index (κ1) is 11.2. The molecule has 1 aromatic rings. The van der Waals surface area contributed by atoms with E-state index in [4.69, 9.17) is 5.11 Å². The van der Waals surface area contributed by atoms with Gasteiger partial charge >= 0.3 is 5.97 Å². The zero-order valence-corrected chi connectivity index (χ0v) is 9.43. The van der Waals surface area contributed by atoms with Crippen molar-refractivity contribution in [1.29, 1.82) is 0 Å². The Kier molecular flexibility index (Phi) is 2.95. The molecule has 0 saturated carbocycles. The minimum Gasteiger partial charge on any atom is -0.481 e. The molecular weight excluding hydrogens is 251 g/mol. The third-order valence-corrected chi connectivity index (χ3v) is 2.78. The standard InChI is InChI=1S/C10H10BrFO2/c1-10(2,9(13)14)8-6(11)4-3-5-7(8)12/h3-5H,1-2H3,(H,13,14). The van der Waals surface area contributed by atoms with Crippen LogP contribution < -0.4 is 0 Å². The van der Waals surface area contributed by atoms with E-state index in [1.165, 1.54) is 26.0 Å². The van der Waals surface area contributed by atoms with Gasteiger partial charge in [-0.1, -0.05) is 22.0 Å². The molecule has 0 spiro atoms. The van der Waals surface area contributed by atoms with Crippen molar-refractivity contribution >= 4 is 21.9 Å². The smallest absolute Gasteiger partial charge is 0.313 e. The van der Waals surface area contributed by atoms with Crippen LogP contribution in [-0.4, -0.2) is 11.1 Å². The van der Waals surface area contributed by atoms with Gasteiger partial charge in [0.05, 0.1) is 5.41 Å². The summed E-state index contributed by atoms with van der Waals surface area (Å²) in [6, 6.07) is 4.41. The Labute approximate surface area is 89.9 Å². The Morgan fingerprint density at radius 3 is 2.50 bits per heavy atom. The number of hydrogen-bond donors (Lipinski definition) is 1. The van der Waals surface area contributed by atoms with E-state index in [1.54, 1.807) is 6.07 Å². The molecule has 2 nitrogen and oxygen atoms in total. The predicted molar refractivity (Wildman–Crippen MR) is 54.8 cm³/mol. The molecule has 0 aliphatic carbocycles. The Morgan fingerprint density at radius 1 is 1.50 bits per heavy atom. The molecule has 0 aliphatic heterocycles. The second-order valence-corrected chi connectivity index (χ2v) is 4.38. The number of rotatable bonds is 2. The molecule has 0 saturated heterocycles. The number of benzene rings is 1. The molecule has 1 rings (SSSR count). The van der Waals surface area contributed by atoms with Gasteiger partial charge in [-0.05, 0) is 26.0 Å². The first-order valence-corrected chi connectivity index (χ1v) is 4.84. The molecule has 4 heteroatoms. The molecule has 0 aromatic heterocycles. The zero-order valence-electron chi connectivity index (χ0n) is 7.84. The van der Waals surface area contributed by atoms with Crippen molar-refractivity contribution in [2.45, 2.75) is 19.3 Å². The van der Waals surface area contributed by atoms with E-state index >= 15 is 0 Å². The summed E-state index contributed by atoms with van der Waals surface area (Å²) in [6.07, 6.45) is 0. The number of halogens is 2. The summed E-state index contributed by atoms with van der Waals surface area (Å²) in [5, 5.41) is 8.96. The summed E-state index contributed by atoms with van der Waals surface area (Å²) in [6.45, 7) is 2.94. The molecular formula is C10H10BrFO2. The second-order valence-electron chi connectivity index (χ2n) is 3.53. The lowest BCUT2D eigenvalue weighted by molar-refractivity contribution is -0.142. The van der Waals surface area contributed by atoms with Crippen molar-refractivity contribution in [2.24, 2.45) is 0 Å². The van der Waals surface area contributed by atoms with Crippen LogP contribution in [-0.2, 0) is 10.2 Å². The van der Waals surface area contributed by atoms with Crippen LogP contribution in [0.4, 0.5) is 4.39 Å². The van der Waals surface area contributed by atoms with E-state index in [0.717, 1.165) is 0 Å². The van der Waals surface area contributed by atoms with Crippen LogP contribution in [0.1, 0.15) is 19.4 Å². The molecule has 76 valence electrons. The summed E-state index contributed by atoms with van der Waals surface area (Å²) in [5.41, 5.74) is -1.06. The van der Waals surface area contributed by atoms with Crippen molar-refractivity contribution in [3.8, 4) is 0 Å². The highest BCUT2D eigenvalue weighted by molar-refractivity contribution is 9.10. The number of hydrogen-bond acceptors (Lipinski definition) is 1. The average molecular weight is 261 g/mol. The fourth-order valence-corrected chi connectivity index (χ4v) is 2.04. The molecule has 0 unspecified atom stereocenters. The van der Waals surface area contributed by atoms with E-state index in [2.05, 4.69) is 15.9 Å². The lowest BCUT2D eigenvalue weighted by Crippen LogP contribution is -2.30. The molecule has 0 radical (unpaired) electrons. The highest BCUT2D eigenvalue weighted by atomic mass is 79.9. The lowest BCUT2D eigenvalue weighted by atomic mass is 9.84. The lowest BCUT2D eigenvalue weighted by Gasteiger charge is -2.21. The Morgan fingerprint density at radius 2 is 2.07 bits per heavy atom. The molecule has 0 bridgehead atoms. The molecule has 1 aromatic carbocycles. The number of carboxylic acid groups (broad SMARTS) is 1. The van der Waals surface area contributed by atoms with Gasteiger partial charge in [0, 0.05) is 10.0 Å². The van der Waals surface area contributed by atoms with Gasteiger partial charge in [-0.3, -0.25) is 4.79 Å². The van der Waals surface area contributed by atoms with Crippen molar-refractivity contribution in [1.82, 2.24) is 0 Å². The Balaban J connectivity index is 3.38. The topological polar surface area (TPSA) is 37.3 Å². The monoisotopic (exact) mass is 260 g/mol. The van der Waals surface area contributed by atoms with Crippen LogP contribution in [0.2, 0.25) is 0 Å². The summed E-state index contributed by atoms with van der Waals surface area (Å²) in [7, 11) is 0. The van der Waals surface area contributed by atoms with Gasteiger partial charge in [0.15, 0.2) is 0 Å². The SMILES string of the molecule is CC(C)(C(=O)O)c1c(F)cccc1Br. The number of carboxylic acids is 1.